The molecule has 0 atom stereocenters. The fraction of sp³-hybridized carbons (Fsp3) is 0.368. The minimum Gasteiger partial charge on any atom is -0.493 e. The van der Waals surface area contributed by atoms with E-state index in [1.54, 1.807) is 6.07 Å². The van der Waals surface area contributed by atoms with E-state index in [-0.39, 0.29) is 11.6 Å². The number of aryl methyl sites for hydroxylation is 1. The quantitative estimate of drug-likeness (QED) is 0.726. The second-order valence-electron chi connectivity index (χ2n) is 5.97. The van der Waals surface area contributed by atoms with Gasteiger partial charge in [0, 0.05) is 6.07 Å². The molecule has 0 unspecified atom stereocenters. The largest absolute Gasteiger partial charge is 0.493 e. The minimum absolute atomic E-state index is 0.235. The van der Waals surface area contributed by atoms with E-state index < -0.39 is 0 Å². The zero-order valence-electron chi connectivity index (χ0n) is 12.8. The first-order valence-corrected chi connectivity index (χ1v) is 7.87. The molecule has 0 bridgehead atoms. The lowest BCUT2D eigenvalue weighted by atomic mass is 10.1. The zero-order valence-corrected chi connectivity index (χ0v) is 12.8. The van der Waals surface area contributed by atoms with Crippen LogP contribution in [0.25, 0.3) is 0 Å². The van der Waals surface area contributed by atoms with Gasteiger partial charge in [0.15, 0.2) is 11.6 Å². The Morgan fingerprint density at radius 1 is 1.05 bits per heavy atom. The molecule has 2 nitrogen and oxygen atoms in total. The topological polar surface area (TPSA) is 18.5 Å². The van der Waals surface area contributed by atoms with E-state index in [0.29, 0.717) is 11.7 Å². The van der Waals surface area contributed by atoms with Gasteiger partial charge in [-0.2, -0.15) is 0 Å². The summed E-state index contributed by atoms with van der Waals surface area (Å²) in [6, 6.07) is 12.3. The fourth-order valence-electron chi connectivity index (χ4n) is 2.83. The molecule has 0 N–H and O–H groups in total. The van der Waals surface area contributed by atoms with Gasteiger partial charge in [-0.1, -0.05) is 25.0 Å². The Hall–Kier alpha value is -2.03. The molecule has 0 saturated heterocycles. The van der Waals surface area contributed by atoms with Crippen molar-refractivity contribution < 1.29 is 13.9 Å². The van der Waals surface area contributed by atoms with Crippen molar-refractivity contribution in [1.82, 2.24) is 0 Å². The van der Waals surface area contributed by atoms with Crippen molar-refractivity contribution in [1.29, 1.82) is 0 Å². The molecule has 3 heteroatoms. The summed E-state index contributed by atoms with van der Waals surface area (Å²) in [6.07, 6.45) is 5.13. The maximum Gasteiger partial charge on any atom is 0.165 e. The molecule has 0 heterocycles. The maximum atomic E-state index is 13.8. The van der Waals surface area contributed by atoms with Crippen LogP contribution in [0.15, 0.2) is 42.5 Å². The highest BCUT2D eigenvalue weighted by Gasteiger charge is 2.15. The van der Waals surface area contributed by atoms with E-state index in [2.05, 4.69) is 0 Å². The number of ether oxygens (including phenoxy) is 2. The Bertz CT molecular complexity index is 633. The van der Waals surface area contributed by atoms with E-state index in [1.807, 2.05) is 37.3 Å². The predicted octanol–water partition coefficient (Wildman–Crippen LogP) is 5.50. The fourth-order valence-corrected chi connectivity index (χ4v) is 2.83. The van der Waals surface area contributed by atoms with Crippen LogP contribution in [0.1, 0.15) is 31.2 Å². The summed E-state index contributed by atoms with van der Waals surface area (Å²) in [5, 5.41) is 0. The summed E-state index contributed by atoms with van der Waals surface area (Å²) >= 11 is 0. The van der Waals surface area contributed by atoms with Crippen LogP contribution in [-0.2, 0) is 0 Å². The first-order chi connectivity index (χ1) is 10.7. The van der Waals surface area contributed by atoms with Gasteiger partial charge in [0.05, 0.1) is 6.61 Å². The Morgan fingerprint density at radius 3 is 2.59 bits per heavy atom. The smallest absolute Gasteiger partial charge is 0.165 e. The summed E-state index contributed by atoms with van der Waals surface area (Å²) in [5.41, 5.74) is 0.874. The Kier molecular flexibility index (Phi) is 4.62. The Balaban J connectivity index is 1.65. The first-order valence-electron chi connectivity index (χ1n) is 7.87. The van der Waals surface area contributed by atoms with Crippen molar-refractivity contribution in [2.75, 3.05) is 6.61 Å². The molecule has 1 aliphatic rings. The van der Waals surface area contributed by atoms with Gasteiger partial charge in [-0.25, -0.2) is 4.39 Å². The molecular formula is C19H21FO2. The van der Waals surface area contributed by atoms with Gasteiger partial charge in [0.1, 0.15) is 11.5 Å². The van der Waals surface area contributed by atoms with Crippen LogP contribution in [0, 0.1) is 18.7 Å². The van der Waals surface area contributed by atoms with Crippen LogP contribution in [0.5, 0.6) is 17.2 Å². The molecule has 22 heavy (non-hydrogen) atoms. The van der Waals surface area contributed by atoms with E-state index >= 15 is 0 Å². The van der Waals surface area contributed by atoms with E-state index in [9.17, 15) is 4.39 Å². The number of rotatable bonds is 5. The van der Waals surface area contributed by atoms with Crippen LogP contribution in [0.2, 0.25) is 0 Å². The van der Waals surface area contributed by atoms with Gasteiger partial charge in [-0.05, 0) is 55.5 Å². The summed E-state index contributed by atoms with van der Waals surface area (Å²) in [7, 11) is 0. The normalized spacial score (nSPS) is 15.0. The molecule has 0 aromatic heterocycles. The minimum atomic E-state index is -0.350. The lowest BCUT2D eigenvalue weighted by Crippen LogP contribution is -2.07. The first kappa shape index (κ1) is 14.9. The average Bonchev–Trinajstić information content (AvgIpc) is 3.02. The molecule has 0 amide bonds. The highest BCUT2D eigenvalue weighted by atomic mass is 19.1. The molecule has 1 aliphatic carbocycles. The molecule has 2 aromatic carbocycles. The second-order valence-corrected chi connectivity index (χ2v) is 5.97. The third-order valence-electron chi connectivity index (χ3n) is 4.08. The van der Waals surface area contributed by atoms with Crippen LogP contribution < -0.4 is 9.47 Å². The molecule has 0 spiro atoms. The van der Waals surface area contributed by atoms with E-state index in [0.717, 1.165) is 17.9 Å². The number of hydrogen-bond acceptors (Lipinski definition) is 2. The number of halogens is 1. The SMILES string of the molecule is Cc1ccc(Oc2cccc(OCC3CCCC3)c2)c(F)c1. The molecule has 2 aromatic rings. The zero-order chi connectivity index (χ0) is 15.4. The Morgan fingerprint density at radius 2 is 1.82 bits per heavy atom. The maximum absolute atomic E-state index is 13.8. The van der Waals surface area contributed by atoms with Gasteiger partial charge in [0.2, 0.25) is 0 Å². The standard InChI is InChI=1S/C19H21FO2/c1-14-9-10-19(18(20)11-14)22-17-8-4-7-16(12-17)21-13-15-5-2-3-6-15/h4,7-12,15H,2-3,5-6,13H2,1H3. The van der Waals surface area contributed by atoms with Crippen molar-refractivity contribution >= 4 is 0 Å². The summed E-state index contributed by atoms with van der Waals surface area (Å²) in [6.45, 7) is 2.60. The van der Waals surface area contributed by atoms with Crippen molar-refractivity contribution in [3.63, 3.8) is 0 Å². The highest BCUT2D eigenvalue weighted by Crippen LogP contribution is 2.29. The Labute approximate surface area is 130 Å². The third-order valence-corrected chi connectivity index (χ3v) is 4.08. The lowest BCUT2D eigenvalue weighted by molar-refractivity contribution is 0.251. The molecule has 0 aliphatic heterocycles. The number of benzene rings is 2. The van der Waals surface area contributed by atoms with E-state index in [4.69, 9.17) is 9.47 Å². The highest BCUT2D eigenvalue weighted by molar-refractivity contribution is 5.38. The third kappa shape index (κ3) is 3.79. The van der Waals surface area contributed by atoms with Crippen molar-refractivity contribution in [2.45, 2.75) is 32.6 Å². The second kappa shape index (κ2) is 6.82. The monoisotopic (exact) mass is 300 g/mol. The van der Waals surface area contributed by atoms with Gasteiger partial charge in [0.25, 0.3) is 0 Å². The number of hydrogen-bond donors (Lipinski definition) is 0. The molecule has 3 rings (SSSR count). The molecule has 0 radical (unpaired) electrons. The molecule has 116 valence electrons. The van der Waals surface area contributed by atoms with E-state index in [1.165, 1.54) is 31.7 Å². The van der Waals surface area contributed by atoms with Crippen LogP contribution in [-0.4, -0.2) is 6.61 Å². The van der Waals surface area contributed by atoms with Crippen molar-refractivity contribution in [3.8, 4) is 17.2 Å². The predicted molar refractivity (Wildman–Crippen MR) is 85.1 cm³/mol. The summed E-state index contributed by atoms with van der Waals surface area (Å²) in [5.74, 6) is 1.92. The summed E-state index contributed by atoms with van der Waals surface area (Å²) < 4.78 is 25.3. The van der Waals surface area contributed by atoms with Gasteiger partial charge >= 0.3 is 0 Å². The van der Waals surface area contributed by atoms with Crippen LogP contribution >= 0.6 is 0 Å². The summed E-state index contributed by atoms with van der Waals surface area (Å²) in [4.78, 5) is 0. The van der Waals surface area contributed by atoms with Crippen LogP contribution in [0.3, 0.4) is 0 Å². The van der Waals surface area contributed by atoms with Gasteiger partial charge in [-0.3, -0.25) is 0 Å². The lowest BCUT2D eigenvalue weighted by Gasteiger charge is -2.13. The molecule has 1 fully saturated rings. The van der Waals surface area contributed by atoms with Gasteiger partial charge < -0.3 is 9.47 Å². The van der Waals surface area contributed by atoms with Crippen molar-refractivity contribution in [3.05, 3.63) is 53.8 Å². The average molecular weight is 300 g/mol. The molecular weight excluding hydrogens is 279 g/mol. The molecule has 1 saturated carbocycles. The van der Waals surface area contributed by atoms with Crippen molar-refractivity contribution in [2.24, 2.45) is 5.92 Å². The van der Waals surface area contributed by atoms with Crippen LogP contribution in [0.4, 0.5) is 4.39 Å². The van der Waals surface area contributed by atoms with Gasteiger partial charge in [-0.15, -0.1) is 0 Å².